The summed E-state index contributed by atoms with van der Waals surface area (Å²) in [5, 5.41) is 11.7. The van der Waals surface area contributed by atoms with Gasteiger partial charge in [0.1, 0.15) is 17.2 Å². The smallest absolute Gasteiger partial charge is 0.260 e. The van der Waals surface area contributed by atoms with Gasteiger partial charge in [-0.05, 0) is 37.0 Å². The number of hydrogen-bond donors (Lipinski definition) is 2. The number of H-pyrrole nitrogens is 1. The minimum absolute atomic E-state index is 0.00998. The van der Waals surface area contributed by atoms with E-state index in [9.17, 15) is 9.59 Å². The third-order valence-corrected chi connectivity index (χ3v) is 5.20. The third-order valence-electron chi connectivity index (χ3n) is 5.20. The van der Waals surface area contributed by atoms with Gasteiger partial charge in [0.15, 0.2) is 0 Å². The van der Waals surface area contributed by atoms with Gasteiger partial charge in [0.2, 0.25) is 0 Å². The van der Waals surface area contributed by atoms with Crippen LogP contribution >= 0.6 is 0 Å². The Morgan fingerprint density at radius 3 is 2.79 bits per heavy atom. The lowest BCUT2D eigenvalue weighted by Gasteiger charge is -2.16. The average Bonchev–Trinajstić information content (AvgIpc) is 3.00. The van der Waals surface area contributed by atoms with Crippen LogP contribution in [-0.4, -0.2) is 31.7 Å². The van der Waals surface area contributed by atoms with Gasteiger partial charge in [0.25, 0.3) is 11.5 Å². The predicted octanol–water partition coefficient (Wildman–Crippen LogP) is 1.89. The van der Waals surface area contributed by atoms with Crippen LogP contribution in [0.1, 0.15) is 40.4 Å². The summed E-state index contributed by atoms with van der Waals surface area (Å²) in [7, 11) is 0. The second-order valence-electron chi connectivity index (χ2n) is 7.08. The molecule has 1 amide bonds. The van der Waals surface area contributed by atoms with E-state index in [0.717, 1.165) is 50.3 Å². The number of nitrogens with one attached hydrogen (secondary N) is 2. The predicted molar refractivity (Wildman–Crippen MR) is 105 cm³/mol. The average molecular weight is 377 g/mol. The maximum atomic E-state index is 12.4. The highest BCUT2D eigenvalue weighted by Crippen LogP contribution is 2.17. The number of nitrogens with zero attached hydrogens (tertiary/aromatic N) is 3. The Morgan fingerprint density at radius 1 is 1.11 bits per heavy atom. The zero-order chi connectivity index (χ0) is 19.3. The number of fused-ring (bicyclic) bond motifs is 1. The van der Waals surface area contributed by atoms with Crippen LogP contribution in [-0.2, 0) is 25.8 Å². The van der Waals surface area contributed by atoms with Crippen molar-refractivity contribution in [3.63, 3.8) is 0 Å². The van der Waals surface area contributed by atoms with E-state index in [-0.39, 0.29) is 23.1 Å². The number of amides is 1. The number of aromatic amines is 1. The van der Waals surface area contributed by atoms with Crippen LogP contribution in [0, 0.1) is 0 Å². The highest BCUT2D eigenvalue weighted by Gasteiger charge is 2.22. The number of rotatable bonds is 5. The Labute approximate surface area is 162 Å². The Hall–Kier alpha value is -3.22. The van der Waals surface area contributed by atoms with Crippen LogP contribution in [0.4, 0.5) is 0 Å². The van der Waals surface area contributed by atoms with Gasteiger partial charge in [-0.1, -0.05) is 30.3 Å². The number of carbonyl (C=O) groups is 1. The molecule has 0 bridgehead atoms. The van der Waals surface area contributed by atoms with Crippen LogP contribution in [0.2, 0.25) is 0 Å². The number of hydrogen-bond acceptors (Lipinski definition) is 4. The Balaban J connectivity index is 1.39. The molecule has 1 aliphatic heterocycles. The third kappa shape index (κ3) is 4.03. The quantitative estimate of drug-likeness (QED) is 0.710. The van der Waals surface area contributed by atoms with E-state index < -0.39 is 0 Å². The van der Waals surface area contributed by atoms with Gasteiger partial charge in [-0.3, -0.25) is 9.59 Å². The topological polar surface area (TPSA) is 92.7 Å². The maximum Gasteiger partial charge on any atom is 0.260 e. The Bertz CT molecular complexity index is 1010. The summed E-state index contributed by atoms with van der Waals surface area (Å²) < 4.78 is 2.18. The van der Waals surface area contributed by atoms with Crippen molar-refractivity contribution in [2.45, 2.75) is 44.7 Å². The highest BCUT2D eigenvalue weighted by atomic mass is 16.2. The molecule has 7 nitrogen and oxygen atoms in total. The van der Waals surface area contributed by atoms with Gasteiger partial charge in [0.05, 0.1) is 0 Å². The van der Waals surface area contributed by atoms with E-state index >= 15 is 0 Å². The van der Waals surface area contributed by atoms with Gasteiger partial charge >= 0.3 is 0 Å². The maximum absolute atomic E-state index is 12.4. The molecule has 0 spiro atoms. The molecule has 28 heavy (non-hydrogen) atoms. The number of aromatic nitrogens is 4. The van der Waals surface area contributed by atoms with Crippen LogP contribution in [0.15, 0.2) is 53.5 Å². The molecule has 0 saturated heterocycles. The molecular formula is C21H23N5O2. The van der Waals surface area contributed by atoms with Crippen molar-refractivity contribution in [3.05, 3.63) is 81.8 Å². The molecular weight excluding hydrogens is 354 g/mol. The molecule has 1 aromatic carbocycles. The van der Waals surface area contributed by atoms with Crippen molar-refractivity contribution in [2.24, 2.45) is 0 Å². The fourth-order valence-electron chi connectivity index (χ4n) is 3.64. The summed E-state index contributed by atoms with van der Waals surface area (Å²) in [6.45, 7) is 0.766. The molecule has 2 N–H and O–H groups in total. The SMILES string of the molecule is O=C(NC1CCc2nnc(CCc3ccccc3)n2CC1)c1ccc[nH]c1=O. The minimum atomic E-state index is -0.367. The van der Waals surface area contributed by atoms with Gasteiger partial charge < -0.3 is 14.9 Å². The first-order valence-corrected chi connectivity index (χ1v) is 9.64. The fourth-order valence-corrected chi connectivity index (χ4v) is 3.64. The summed E-state index contributed by atoms with van der Waals surface area (Å²) in [4.78, 5) is 26.8. The zero-order valence-corrected chi connectivity index (χ0v) is 15.6. The van der Waals surface area contributed by atoms with Crippen molar-refractivity contribution >= 4 is 5.91 Å². The molecule has 2 aromatic heterocycles. The summed E-state index contributed by atoms with van der Waals surface area (Å²) in [6.07, 6.45) is 5.62. The van der Waals surface area contributed by atoms with Crippen molar-refractivity contribution in [3.8, 4) is 0 Å². The molecule has 0 aliphatic carbocycles. The Kier molecular flexibility index (Phi) is 5.32. The lowest BCUT2D eigenvalue weighted by molar-refractivity contribution is 0.0931. The largest absolute Gasteiger partial charge is 0.349 e. The van der Waals surface area contributed by atoms with Crippen molar-refractivity contribution in [2.75, 3.05) is 0 Å². The second-order valence-corrected chi connectivity index (χ2v) is 7.08. The van der Waals surface area contributed by atoms with Gasteiger partial charge in [-0.25, -0.2) is 0 Å². The van der Waals surface area contributed by atoms with Gasteiger partial charge in [-0.2, -0.15) is 0 Å². The fraction of sp³-hybridized carbons (Fsp3) is 0.333. The lowest BCUT2D eigenvalue weighted by atomic mass is 10.1. The minimum Gasteiger partial charge on any atom is -0.349 e. The van der Waals surface area contributed by atoms with E-state index in [1.54, 1.807) is 12.1 Å². The van der Waals surface area contributed by atoms with Crippen molar-refractivity contribution in [1.29, 1.82) is 0 Å². The van der Waals surface area contributed by atoms with E-state index in [1.165, 1.54) is 11.8 Å². The van der Waals surface area contributed by atoms with Gasteiger partial charge in [0, 0.05) is 31.6 Å². The molecule has 1 atom stereocenters. The standard InChI is InChI=1S/C21H23N5O2/c27-20-17(7-4-13-22-20)21(28)23-16-9-11-19-25-24-18(26(19)14-12-16)10-8-15-5-2-1-3-6-15/h1-7,13,16H,8-12,14H2,(H,22,27)(H,23,28). The van der Waals surface area contributed by atoms with Crippen LogP contribution in [0.5, 0.6) is 0 Å². The molecule has 144 valence electrons. The van der Waals surface area contributed by atoms with E-state index in [2.05, 4.69) is 37.2 Å². The van der Waals surface area contributed by atoms with E-state index in [0.29, 0.717) is 0 Å². The molecule has 0 radical (unpaired) electrons. The molecule has 0 saturated carbocycles. The molecule has 1 aliphatic rings. The van der Waals surface area contributed by atoms with E-state index in [1.807, 2.05) is 18.2 Å². The first-order chi connectivity index (χ1) is 13.7. The molecule has 4 rings (SSSR count). The number of aryl methyl sites for hydroxylation is 3. The van der Waals surface area contributed by atoms with Crippen LogP contribution < -0.4 is 10.9 Å². The Morgan fingerprint density at radius 2 is 1.96 bits per heavy atom. The van der Waals surface area contributed by atoms with Crippen LogP contribution in [0.3, 0.4) is 0 Å². The number of pyridine rings is 1. The summed E-state index contributed by atoms with van der Waals surface area (Å²) in [6, 6.07) is 13.6. The normalized spacial score (nSPS) is 16.2. The summed E-state index contributed by atoms with van der Waals surface area (Å²) in [5.74, 6) is 1.64. The molecule has 0 fully saturated rings. The number of carbonyl (C=O) groups excluding carboxylic acids is 1. The first kappa shape index (κ1) is 18.2. The summed E-state index contributed by atoms with van der Waals surface area (Å²) >= 11 is 0. The lowest BCUT2D eigenvalue weighted by Crippen LogP contribution is -2.37. The molecule has 1 unspecified atom stereocenters. The monoisotopic (exact) mass is 377 g/mol. The summed E-state index contributed by atoms with van der Waals surface area (Å²) in [5.41, 5.74) is 1.07. The zero-order valence-electron chi connectivity index (χ0n) is 15.6. The van der Waals surface area contributed by atoms with Crippen LogP contribution in [0.25, 0.3) is 0 Å². The van der Waals surface area contributed by atoms with Gasteiger partial charge in [-0.15, -0.1) is 10.2 Å². The highest BCUT2D eigenvalue weighted by molar-refractivity contribution is 5.93. The second kappa shape index (κ2) is 8.21. The van der Waals surface area contributed by atoms with Crippen molar-refractivity contribution in [1.82, 2.24) is 25.1 Å². The molecule has 7 heteroatoms. The molecule has 3 aromatic rings. The van der Waals surface area contributed by atoms with E-state index in [4.69, 9.17) is 0 Å². The first-order valence-electron chi connectivity index (χ1n) is 9.64. The number of benzene rings is 1. The molecule has 3 heterocycles. The van der Waals surface area contributed by atoms with Crippen molar-refractivity contribution < 1.29 is 4.79 Å².